The van der Waals surface area contributed by atoms with Gasteiger partial charge in [-0.05, 0) is 28.8 Å². The third kappa shape index (κ3) is 3.14. The maximum atomic E-state index is 9.60. The zero-order chi connectivity index (χ0) is 16.3. The van der Waals surface area contributed by atoms with Crippen molar-refractivity contribution in [2.75, 3.05) is 0 Å². The predicted molar refractivity (Wildman–Crippen MR) is 95.9 cm³/mol. The van der Waals surface area contributed by atoms with Gasteiger partial charge < -0.3 is 5.11 Å². The Kier molecular flexibility index (Phi) is 4.20. The Bertz CT molecular complexity index is 703. The van der Waals surface area contributed by atoms with Crippen LogP contribution in [0, 0.1) is 0 Å². The minimum absolute atomic E-state index is 0.101. The van der Waals surface area contributed by atoms with Crippen molar-refractivity contribution in [2.45, 2.75) is 25.2 Å². The Morgan fingerprint density at radius 2 is 1.09 bits per heavy atom. The lowest BCUT2D eigenvalue weighted by Crippen LogP contribution is -2.28. The van der Waals surface area contributed by atoms with E-state index < -0.39 is 0 Å². The minimum Gasteiger partial charge on any atom is -0.508 e. The first-order valence-electron chi connectivity index (χ1n) is 7.98. The van der Waals surface area contributed by atoms with Crippen LogP contribution in [0.25, 0.3) is 0 Å². The quantitative estimate of drug-likeness (QED) is 0.674. The van der Waals surface area contributed by atoms with E-state index in [4.69, 9.17) is 0 Å². The van der Waals surface area contributed by atoms with Crippen LogP contribution in [0.15, 0.2) is 84.9 Å². The van der Waals surface area contributed by atoms with Gasteiger partial charge in [0.2, 0.25) is 0 Å². The van der Waals surface area contributed by atoms with Gasteiger partial charge >= 0.3 is 0 Å². The molecule has 0 spiro atoms. The molecule has 0 aliphatic carbocycles. The summed E-state index contributed by atoms with van der Waals surface area (Å²) in [5.74, 6) is 0.551. The zero-order valence-corrected chi connectivity index (χ0v) is 13.6. The monoisotopic (exact) mass is 302 g/mol. The van der Waals surface area contributed by atoms with E-state index in [0.717, 1.165) is 0 Å². The molecule has 3 rings (SSSR count). The Morgan fingerprint density at radius 1 is 0.652 bits per heavy atom. The van der Waals surface area contributed by atoms with Crippen LogP contribution in [-0.4, -0.2) is 5.11 Å². The normalized spacial score (nSPS) is 11.6. The summed E-state index contributed by atoms with van der Waals surface area (Å²) in [7, 11) is 0. The van der Waals surface area contributed by atoms with Crippen LogP contribution in [0.4, 0.5) is 0 Å². The van der Waals surface area contributed by atoms with Gasteiger partial charge in [-0.25, -0.2) is 0 Å². The molecule has 1 nitrogen and oxygen atoms in total. The summed E-state index contributed by atoms with van der Waals surface area (Å²) in [5, 5.41) is 9.60. The molecule has 0 amide bonds. The van der Waals surface area contributed by atoms with Crippen LogP contribution in [0.3, 0.4) is 0 Å². The highest BCUT2D eigenvalue weighted by Gasteiger charge is 2.33. The molecule has 1 N–H and O–H groups in total. The number of phenolic OH excluding ortho intramolecular Hbond substituents is 1. The van der Waals surface area contributed by atoms with Gasteiger partial charge in [0.05, 0.1) is 0 Å². The first-order chi connectivity index (χ1) is 11.1. The average Bonchev–Trinajstić information content (AvgIpc) is 2.57. The van der Waals surface area contributed by atoms with Gasteiger partial charge in [-0.3, -0.25) is 0 Å². The maximum absolute atomic E-state index is 9.60. The first-order valence-corrected chi connectivity index (χ1v) is 7.98. The lowest BCUT2D eigenvalue weighted by atomic mass is 9.67. The second-order valence-corrected chi connectivity index (χ2v) is 6.52. The summed E-state index contributed by atoms with van der Waals surface area (Å²) in [6.07, 6.45) is 0. The van der Waals surface area contributed by atoms with E-state index in [0.29, 0.717) is 5.75 Å². The highest BCUT2D eigenvalue weighted by Crippen LogP contribution is 2.43. The fourth-order valence-corrected chi connectivity index (χ4v) is 3.37. The van der Waals surface area contributed by atoms with Gasteiger partial charge in [0.1, 0.15) is 5.75 Å². The topological polar surface area (TPSA) is 20.2 Å². The molecule has 0 aliphatic heterocycles. The Labute approximate surface area is 138 Å². The van der Waals surface area contributed by atoms with Crippen molar-refractivity contribution in [1.29, 1.82) is 0 Å². The van der Waals surface area contributed by atoms with Crippen molar-refractivity contribution >= 4 is 0 Å². The molecule has 3 aromatic carbocycles. The van der Waals surface area contributed by atoms with Crippen molar-refractivity contribution in [2.24, 2.45) is 0 Å². The van der Waals surface area contributed by atoms with Gasteiger partial charge in [0.25, 0.3) is 0 Å². The molecular formula is C22H22O. The van der Waals surface area contributed by atoms with Crippen molar-refractivity contribution in [3.8, 4) is 5.75 Å². The SMILES string of the molecule is CC(C)(c1ccc(O)cc1)C(c1ccccc1)c1ccccc1. The summed E-state index contributed by atoms with van der Waals surface area (Å²) in [4.78, 5) is 0. The van der Waals surface area contributed by atoms with Crippen LogP contribution >= 0.6 is 0 Å². The molecule has 23 heavy (non-hydrogen) atoms. The number of aromatic hydroxyl groups is 1. The third-order valence-electron chi connectivity index (χ3n) is 4.60. The molecule has 0 saturated carbocycles. The lowest BCUT2D eigenvalue weighted by molar-refractivity contribution is 0.453. The molecule has 0 fully saturated rings. The highest BCUT2D eigenvalue weighted by atomic mass is 16.3. The van der Waals surface area contributed by atoms with E-state index in [2.05, 4.69) is 74.5 Å². The van der Waals surface area contributed by atoms with E-state index in [-0.39, 0.29) is 11.3 Å². The first kappa shape index (κ1) is 15.4. The van der Waals surface area contributed by atoms with Crippen LogP contribution in [0.2, 0.25) is 0 Å². The van der Waals surface area contributed by atoms with Crippen LogP contribution in [0.5, 0.6) is 5.75 Å². The van der Waals surface area contributed by atoms with Crippen LogP contribution in [-0.2, 0) is 5.41 Å². The number of benzene rings is 3. The summed E-state index contributed by atoms with van der Waals surface area (Å²) < 4.78 is 0. The lowest BCUT2D eigenvalue weighted by Gasteiger charge is -2.36. The summed E-state index contributed by atoms with van der Waals surface area (Å²) >= 11 is 0. The van der Waals surface area contributed by atoms with Crippen molar-refractivity contribution in [3.63, 3.8) is 0 Å². The molecule has 0 aliphatic rings. The van der Waals surface area contributed by atoms with Crippen molar-refractivity contribution in [3.05, 3.63) is 102 Å². The van der Waals surface area contributed by atoms with Crippen molar-refractivity contribution < 1.29 is 5.11 Å². The predicted octanol–water partition coefficient (Wildman–Crippen LogP) is 5.50. The second-order valence-electron chi connectivity index (χ2n) is 6.52. The van der Waals surface area contributed by atoms with Crippen LogP contribution < -0.4 is 0 Å². The molecular weight excluding hydrogens is 280 g/mol. The summed E-state index contributed by atoms with van der Waals surface area (Å²) in [6, 6.07) is 28.8. The van der Waals surface area contributed by atoms with Gasteiger partial charge in [0.15, 0.2) is 0 Å². The smallest absolute Gasteiger partial charge is 0.115 e. The Morgan fingerprint density at radius 3 is 1.52 bits per heavy atom. The number of rotatable bonds is 4. The van der Waals surface area contributed by atoms with Gasteiger partial charge in [-0.15, -0.1) is 0 Å². The van der Waals surface area contributed by atoms with Gasteiger partial charge in [0, 0.05) is 11.3 Å². The maximum Gasteiger partial charge on any atom is 0.115 e. The van der Waals surface area contributed by atoms with E-state index in [1.165, 1.54) is 16.7 Å². The third-order valence-corrected chi connectivity index (χ3v) is 4.60. The molecule has 116 valence electrons. The zero-order valence-electron chi connectivity index (χ0n) is 13.6. The van der Waals surface area contributed by atoms with E-state index in [1.807, 2.05) is 12.1 Å². The molecule has 0 bridgehead atoms. The molecule has 1 heteroatoms. The van der Waals surface area contributed by atoms with Gasteiger partial charge in [-0.1, -0.05) is 86.6 Å². The number of hydrogen-bond donors (Lipinski definition) is 1. The molecule has 0 radical (unpaired) electrons. The molecule has 0 unspecified atom stereocenters. The largest absolute Gasteiger partial charge is 0.508 e. The van der Waals surface area contributed by atoms with E-state index in [1.54, 1.807) is 12.1 Å². The number of hydrogen-bond acceptors (Lipinski definition) is 1. The van der Waals surface area contributed by atoms with E-state index in [9.17, 15) is 5.11 Å². The van der Waals surface area contributed by atoms with E-state index >= 15 is 0 Å². The molecule has 0 saturated heterocycles. The Balaban J connectivity index is 2.13. The molecule has 0 atom stereocenters. The molecule has 0 heterocycles. The average molecular weight is 302 g/mol. The summed E-state index contributed by atoms with van der Waals surface area (Å²) in [5.41, 5.74) is 3.72. The summed E-state index contributed by atoms with van der Waals surface area (Å²) in [6.45, 7) is 4.54. The molecule has 3 aromatic rings. The van der Waals surface area contributed by atoms with Gasteiger partial charge in [-0.2, -0.15) is 0 Å². The molecule has 0 aromatic heterocycles. The minimum atomic E-state index is -0.101. The highest BCUT2D eigenvalue weighted by molar-refractivity contribution is 5.42. The van der Waals surface area contributed by atoms with Crippen LogP contribution in [0.1, 0.15) is 36.5 Å². The fraction of sp³-hybridized carbons (Fsp3) is 0.182. The Hall–Kier alpha value is -2.54. The second kappa shape index (κ2) is 6.29. The fourth-order valence-electron chi connectivity index (χ4n) is 3.37. The standard InChI is InChI=1S/C22H22O/c1-22(2,19-13-15-20(23)16-14-19)21(17-9-5-3-6-10-17)18-11-7-4-8-12-18/h3-16,21,23H,1-2H3. The number of phenols is 1. The van der Waals surface area contributed by atoms with Crippen molar-refractivity contribution in [1.82, 2.24) is 0 Å².